The predicted molar refractivity (Wildman–Crippen MR) is 88.3 cm³/mol. The molecule has 0 saturated carbocycles. The molecule has 0 bridgehead atoms. The van der Waals surface area contributed by atoms with E-state index in [4.69, 9.17) is 28.9 Å². The number of ketones is 1. The van der Waals surface area contributed by atoms with Gasteiger partial charge in [0.15, 0.2) is 5.78 Å². The van der Waals surface area contributed by atoms with Gasteiger partial charge in [0.2, 0.25) is 0 Å². The zero-order valence-corrected chi connectivity index (χ0v) is 13.6. The van der Waals surface area contributed by atoms with E-state index in [1.165, 1.54) is 6.92 Å². The van der Waals surface area contributed by atoms with E-state index >= 15 is 0 Å². The fourth-order valence-corrected chi connectivity index (χ4v) is 2.56. The van der Waals surface area contributed by atoms with Crippen LogP contribution in [0.2, 0.25) is 10.0 Å². The normalized spacial score (nSPS) is 10.4. The second kappa shape index (κ2) is 6.04. The van der Waals surface area contributed by atoms with Crippen LogP contribution in [0.4, 0.5) is 17.1 Å². The van der Waals surface area contributed by atoms with Crippen molar-refractivity contribution in [2.24, 2.45) is 0 Å². The van der Waals surface area contributed by atoms with Gasteiger partial charge in [0.05, 0.1) is 15.7 Å². The Morgan fingerprint density at radius 1 is 1.20 bits per heavy atom. The van der Waals surface area contributed by atoms with Crippen molar-refractivity contribution in [1.82, 2.24) is 0 Å². The van der Waals surface area contributed by atoms with Crippen LogP contribution < -0.4 is 11.1 Å². The Morgan fingerprint density at radius 2 is 1.90 bits per heavy atom. The molecular formula is C14H11BrCl2N2O. The number of hydrogen-bond acceptors (Lipinski definition) is 3. The van der Waals surface area contributed by atoms with Gasteiger partial charge in [-0.15, -0.1) is 0 Å². The number of Topliss-reactive ketones (excluding diaryl/α,β-unsaturated/α-hetero) is 1. The third kappa shape index (κ3) is 3.08. The Bertz CT molecular complexity index is 689. The summed E-state index contributed by atoms with van der Waals surface area (Å²) in [5.74, 6) is -0.0706. The molecule has 3 N–H and O–H groups in total. The quantitative estimate of drug-likeness (QED) is 0.437. The average Bonchev–Trinajstić information content (AvgIpc) is 2.39. The van der Waals surface area contributed by atoms with Crippen molar-refractivity contribution in [2.75, 3.05) is 11.1 Å². The van der Waals surface area contributed by atoms with Gasteiger partial charge in [-0.2, -0.15) is 0 Å². The zero-order chi connectivity index (χ0) is 14.9. The lowest BCUT2D eigenvalue weighted by atomic mass is 10.1. The van der Waals surface area contributed by atoms with E-state index in [1.54, 1.807) is 30.3 Å². The van der Waals surface area contributed by atoms with Crippen LogP contribution in [0, 0.1) is 0 Å². The fourth-order valence-electron chi connectivity index (χ4n) is 1.74. The molecule has 2 aromatic rings. The van der Waals surface area contributed by atoms with Crippen molar-refractivity contribution >= 4 is 62.0 Å². The lowest BCUT2D eigenvalue weighted by molar-refractivity contribution is 0.101. The van der Waals surface area contributed by atoms with Crippen LogP contribution in [0.15, 0.2) is 34.8 Å². The fraction of sp³-hybridized carbons (Fsp3) is 0.0714. The van der Waals surface area contributed by atoms with Crippen LogP contribution in [0.25, 0.3) is 0 Å². The highest BCUT2D eigenvalue weighted by atomic mass is 79.9. The lowest BCUT2D eigenvalue weighted by Gasteiger charge is -2.12. The SMILES string of the molecule is CC(=O)c1ccc(Nc2ccc(Br)c(Cl)c2Cl)cc1N. The molecule has 0 atom stereocenters. The van der Waals surface area contributed by atoms with Crippen LogP contribution in [0.3, 0.4) is 0 Å². The smallest absolute Gasteiger partial charge is 0.161 e. The second-order valence-electron chi connectivity index (χ2n) is 4.21. The lowest BCUT2D eigenvalue weighted by Crippen LogP contribution is -2.01. The molecular weight excluding hydrogens is 363 g/mol. The molecule has 104 valence electrons. The zero-order valence-electron chi connectivity index (χ0n) is 10.5. The summed E-state index contributed by atoms with van der Waals surface area (Å²) >= 11 is 15.5. The minimum Gasteiger partial charge on any atom is -0.398 e. The summed E-state index contributed by atoms with van der Waals surface area (Å²) in [4.78, 5) is 11.3. The van der Waals surface area contributed by atoms with Crippen molar-refractivity contribution in [3.8, 4) is 0 Å². The van der Waals surface area contributed by atoms with Gasteiger partial charge in [-0.3, -0.25) is 4.79 Å². The van der Waals surface area contributed by atoms with E-state index in [0.717, 1.165) is 10.2 Å². The molecule has 0 radical (unpaired) electrons. The minimum absolute atomic E-state index is 0.0706. The monoisotopic (exact) mass is 372 g/mol. The number of rotatable bonds is 3. The summed E-state index contributed by atoms with van der Waals surface area (Å²) in [6.45, 7) is 1.48. The van der Waals surface area contributed by atoms with Crippen LogP contribution in [0.5, 0.6) is 0 Å². The summed E-state index contributed by atoms with van der Waals surface area (Å²) in [5, 5.41) is 3.97. The first-order valence-electron chi connectivity index (χ1n) is 5.71. The average molecular weight is 374 g/mol. The van der Waals surface area contributed by atoms with Crippen molar-refractivity contribution < 1.29 is 4.79 Å². The maximum absolute atomic E-state index is 11.3. The molecule has 2 aromatic carbocycles. The van der Waals surface area contributed by atoms with Crippen LogP contribution in [0.1, 0.15) is 17.3 Å². The molecule has 3 nitrogen and oxygen atoms in total. The molecule has 0 aliphatic rings. The number of carbonyl (C=O) groups is 1. The highest BCUT2D eigenvalue weighted by molar-refractivity contribution is 9.10. The minimum atomic E-state index is -0.0706. The maximum atomic E-state index is 11.3. The molecule has 0 aromatic heterocycles. The highest BCUT2D eigenvalue weighted by Crippen LogP contribution is 2.37. The van der Waals surface area contributed by atoms with E-state index in [-0.39, 0.29) is 5.78 Å². The van der Waals surface area contributed by atoms with Crippen LogP contribution in [-0.4, -0.2) is 5.78 Å². The molecule has 2 rings (SSSR count). The highest BCUT2D eigenvalue weighted by Gasteiger charge is 2.10. The number of nitrogens with two attached hydrogens (primary N) is 1. The molecule has 20 heavy (non-hydrogen) atoms. The van der Waals surface area contributed by atoms with E-state index in [2.05, 4.69) is 21.2 Å². The number of nitrogen functional groups attached to an aromatic ring is 1. The van der Waals surface area contributed by atoms with Gasteiger partial charge in [-0.1, -0.05) is 23.2 Å². The van der Waals surface area contributed by atoms with Crippen molar-refractivity contribution in [2.45, 2.75) is 6.92 Å². The van der Waals surface area contributed by atoms with Gasteiger partial charge in [0.1, 0.15) is 0 Å². The predicted octanol–water partition coefficient (Wildman–Crippen LogP) is 5.28. The molecule has 0 fully saturated rings. The molecule has 0 saturated heterocycles. The first-order chi connectivity index (χ1) is 9.40. The number of anilines is 3. The van der Waals surface area contributed by atoms with Crippen LogP contribution >= 0.6 is 39.1 Å². The second-order valence-corrected chi connectivity index (χ2v) is 5.82. The molecule has 0 amide bonds. The summed E-state index contributed by atoms with van der Waals surface area (Å²) < 4.78 is 0.723. The Kier molecular flexibility index (Phi) is 4.58. The largest absolute Gasteiger partial charge is 0.398 e. The Labute approximate surface area is 135 Å². The maximum Gasteiger partial charge on any atom is 0.161 e. The van der Waals surface area contributed by atoms with Gasteiger partial charge in [0, 0.05) is 21.4 Å². The van der Waals surface area contributed by atoms with E-state index in [1.807, 2.05) is 0 Å². The summed E-state index contributed by atoms with van der Waals surface area (Å²) in [6, 6.07) is 8.72. The number of halogens is 3. The van der Waals surface area contributed by atoms with Gasteiger partial charge < -0.3 is 11.1 Å². The standard InChI is InChI=1S/C14H11BrCl2N2O/c1-7(20)9-3-2-8(6-11(9)18)19-12-5-4-10(15)13(16)14(12)17/h2-6,19H,18H2,1H3. The van der Waals surface area contributed by atoms with E-state index < -0.39 is 0 Å². The van der Waals surface area contributed by atoms with E-state index in [0.29, 0.717) is 27.0 Å². The summed E-state index contributed by atoms with van der Waals surface area (Å²) in [6.07, 6.45) is 0. The topological polar surface area (TPSA) is 55.1 Å². The molecule has 0 unspecified atom stereocenters. The Balaban J connectivity index is 2.34. The Morgan fingerprint density at radius 3 is 2.50 bits per heavy atom. The molecule has 6 heteroatoms. The molecule has 0 heterocycles. The molecule has 0 aliphatic heterocycles. The summed E-state index contributed by atoms with van der Waals surface area (Å²) in [7, 11) is 0. The first kappa shape index (κ1) is 15.2. The summed E-state index contributed by atoms with van der Waals surface area (Å²) in [5.41, 5.74) is 8.15. The first-order valence-corrected chi connectivity index (χ1v) is 7.26. The Hall–Kier alpha value is -1.23. The third-order valence-corrected chi connectivity index (χ3v) is 4.52. The van der Waals surface area contributed by atoms with Gasteiger partial charge in [-0.05, 0) is 53.2 Å². The van der Waals surface area contributed by atoms with Crippen LogP contribution in [-0.2, 0) is 0 Å². The molecule has 0 aliphatic carbocycles. The van der Waals surface area contributed by atoms with Gasteiger partial charge in [0.25, 0.3) is 0 Å². The van der Waals surface area contributed by atoms with E-state index in [9.17, 15) is 4.79 Å². The van der Waals surface area contributed by atoms with Crippen molar-refractivity contribution in [1.29, 1.82) is 0 Å². The number of carbonyl (C=O) groups excluding carboxylic acids is 1. The van der Waals surface area contributed by atoms with Crippen molar-refractivity contribution in [3.63, 3.8) is 0 Å². The van der Waals surface area contributed by atoms with Gasteiger partial charge in [-0.25, -0.2) is 0 Å². The van der Waals surface area contributed by atoms with Gasteiger partial charge >= 0.3 is 0 Å². The number of nitrogens with one attached hydrogen (secondary N) is 1. The molecule has 0 spiro atoms. The van der Waals surface area contributed by atoms with Crippen molar-refractivity contribution in [3.05, 3.63) is 50.4 Å². The third-order valence-electron chi connectivity index (χ3n) is 2.75. The number of benzene rings is 2. The number of hydrogen-bond donors (Lipinski definition) is 2.